The number of benzene rings is 2. The molecule has 0 bridgehead atoms. The molecule has 5 heteroatoms. The van der Waals surface area contributed by atoms with Crippen molar-refractivity contribution in [2.24, 2.45) is 0 Å². The summed E-state index contributed by atoms with van der Waals surface area (Å²) in [5.74, 6) is -1.64. The lowest BCUT2D eigenvalue weighted by Gasteiger charge is -2.09. The van der Waals surface area contributed by atoms with Crippen LogP contribution in [0, 0.1) is 5.82 Å². The van der Waals surface area contributed by atoms with Crippen LogP contribution in [0.15, 0.2) is 40.9 Å². The molecule has 0 heterocycles. The van der Waals surface area contributed by atoms with E-state index in [1.165, 1.54) is 24.3 Å². The largest absolute Gasteiger partial charge is 0.478 e. The molecule has 0 atom stereocenters. The Labute approximate surface area is 116 Å². The number of carboxylic acid groups (broad SMARTS) is 1. The standard InChI is InChI=1S/C13H7BrClFO2/c14-11-3-1-2-8(12(11)16)10-6-7(15)4-5-9(10)13(17)18/h1-6H,(H,17,18). The first-order valence-corrected chi connectivity index (χ1v) is 6.15. The molecule has 0 aromatic heterocycles. The van der Waals surface area contributed by atoms with Gasteiger partial charge in [0.1, 0.15) is 5.82 Å². The Bertz CT molecular complexity index is 628. The van der Waals surface area contributed by atoms with Crippen molar-refractivity contribution in [2.45, 2.75) is 0 Å². The average molecular weight is 330 g/mol. The maximum atomic E-state index is 14.0. The van der Waals surface area contributed by atoms with Gasteiger partial charge >= 0.3 is 5.97 Å². The summed E-state index contributed by atoms with van der Waals surface area (Å²) in [5, 5.41) is 9.46. The summed E-state index contributed by atoms with van der Waals surface area (Å²) in [6.07, 6.45) is 0. The second-order valence-electron chi connectivity index (χ2n) is 3.60. The van der Waals surface area contributed by atoms with Gasteiger partial charge < -0.3 is 5.11 Å². The van der Waals surface area contributed by atoms with Crippen LogP contribution in [-0.4, -0.2) is 11.1 Å². The molecule has 2 nitrogen and oxygen atoms in total. The van der Waals surface area contributed by atoms with E-state index in [2.05, 4.69) is 15.9 Å². The molecule has 2 aromatic rings. The van der Waals surface area contributed by atoms with Gasteiger partial charge in [-0.05, 0) is 40.2 Å². The Kier molecular flexibility index (Phi) is 3.68. The monoisotopic (exact) mass is 328 g/mol. The van der Waals surface area contributed by atoms with Gasteiger partial charge in [0, 0.05) is 16.1 Å². The lowest BCUT2D eigenvalue weighted by Crippen LogP contribution is -2.00. The molecule has 0 fully saturated rings. The zero-order valence-electron chi connectivity index (χ0n) is 8.95. The minimum absolute atomic E-state index is 0.0106. The molecular formula is C13H7BrClFO2. The van der Waals surface area contributed by atoms with Crippen LogP contribution in [0.3, 0.4) is 0 Å². The Morgan fingerprint density at radius 3 is 2.61 bits per heavy atom. The highest BCUT2D eigenvalue weighted by atomic mass is 79.9. The van der Waals surface area contributed by atoms with Gasteiger partial charge in [0.2, 0.25) is 0 Å². The first-order chi connectivity index (χ1) is 8.50. The van der Waals surface area contributed by atoms with Gasteiger partial charge in [-0.2, -0.15) is 0 Å². The molecule has 2 rings (SSSR count). The summed E-state index contributed by atoms with van der Waals surface area (Å²) in [6.45, 7) is 0. The van der Waals surface area contributed by atoms with Crippen LogP contribution in [0.2, 0.25) is 5.02 Å². The summed E-state index contributed by atoms with van der Waals surface area (Å²) in [7, 11) is 0. The average Bonchev–Trinajstić information content (AvgIpc) is 2.32. The molecule has 0 aliphatic heterocycles. The Balaban J connectivity index is 2.73. The summed E-state index contributed by atoms with van der Waals surface area (Å²) >= 11 is 8.90. The molecule has 1 N–H and O–H groups in total. The fourth-order valence-corrected chi connectivity index (χ4v) is 2.18. The highest BCUT2D eigenvalue weighted by Gasteiger charge is 2.16. The van der Waals surface area contributed by atoms with Crippen LogP contribution >= 0.6 is 27.5 Å². The third-order valence-corrected chi connectivity index (χ3v) is 3.30. The topological polar surface area (TPSA) is 37.3 Å². The predicted octanol–water partition coefficient (Wildman–Crippen LogP) is 4.61. The van der Waals surface area contributed by atoms with E-state index in [0.29, 0.717) is 5.02 Å². The zero-order chi connectivity index (χ0) is 13.3. The van der Waals surface area contributed by atoms with Gasteiger partial charge in [-0.15, -0.1) is 0 Å². The number of hydrogen-bond donors (Lipinski definition) is 1. The first-order valence-electron chi connectivity index (χ1n) is 4.98. The molecule has 18 heavy (non-hydrogen) atoms. The summed E-state index contributed by atoms with van der Waals surface area (Å²) in [4.78, 5) is 11.1. The van der Waals surface area contributed by atoms with E-state index in [1.807, 2.05) is 0 Å². The second-order valence-corrected chi connectivity index (χ2v) is 4.89. The third kappa shape index (κ3) is 2.40. The van der Waals surface area contributed by atoms with Crippen molar-refractivity contribution < 1.29 is 14.3 Å². The molecule has 0 spiro atoms. The molecule has 0 aliphatic carbocycles. The maximum Gasteiger partial charge on any atom is 0.336 e. The minimum atomic E-state index is -1.12. The maximum absolute atomic E-state index is 14.0. The first kappa shape index (κ1) is 13.1. The van der Waals surface area contributed by atoms with E-state index in [4.69, 9.17) is 16.7 Å². The molecule has 0 radical (unpaired) electrons. The zero-order valence-corrected chi connectivity index (χ0v) is 11.3. The smallest absolute Gasteiger partial charge is 0.336 e. The normalized spacial score (nSPS) is 10.4. The van der Waals surface area contributed by atoms with Gasteiger partial charge in [-0.25, -0.2) is 9.18 Å². The molecule has 0 saturated heterocycles. The van der Waals surface area contributed by atoms with E-state index in [0.717, 1.165) is 0 Å². The van der Waals surface area contributed by atoms with Gasteiger partial charge in [0.05, 0.1) is 10.0 Å². The van der Waals surface area contributed by atoms with E-state index >= 15 is 0 Å². The molecular weight excluding hydrogens is 322 g/mol. The van der Waals surface area contributed by atoms with Crippen LogP contribution in [0.4, 0.5) is 4.39 Å². The number of halogens is 3. The van der Waals surface area contributed by atoms with Crippen molar-refractivity contribution in [3.8, 4) is 11.1 Å². The van der Waals surface area contributed by atoms with E-state index < -0.39 is 11.8 Å². The summed E-state index contributed by atoms with van der Waals surface area (Å²) in [5.41, 5.74) is 0.467. The van der Waals surface area contributed by atoms with Crippen molar-refractivity contribution in [3.05, 3.63) is 57.3 Å². The second kappa shape index (κ2) is 5.08. The van der Waals surface area contributed by atoms with Crippen molar-refractivity contribution in [2.75, 3.05) is 0 Å². The Morgan fingerprint density at radius 2 is 1.94 bits per heavy atom. The van der Waals surface area contributed by atoms with Crippen molar-refractivity contribution in [1.82, 2.24) is 0 Å². The third-order valence-electron chi connectivity index (χ3n) is 2.45. The SMILES string of the molecule is O=C(O)c1ccc(Cl)cc1-c1cccc(Br)c1F. The number of rotatable bonds is 2. The number of hydrogen-bond acceptors (Lipinski definition) is 1. The van der Waals surface area contributed by atoms with Gasteiger partial charge in [-0.3, -0.25) is 0 Å². The Morgan fingerprint density at radius 1 is 1.22 bits per heavy atom. The number of carbonyl (C=O) groups is 1. The minimum Gasteiger partial charge on any atom is -0.478 e. The molecule has 0 amide bonds. The van der Waals surface area contributed by atoms with E-state index in [1.54, 1.807) is 12.1 Å². The highest BCUT2D eigenvalue weighted by molar-refractivity contribution is 9.10. The lowest BCUT2D eigenvalue weighted by atomic mass is 9.99. The van der Waals surface area contributed by atoms with Gasteiger partial charge in [0.25, 0.3) is 0 Å². The number of carboxylic acids is 1. The molecule has 0 unspecified atom stereocenters. The van der Waals surface area contributed by atoms with Crippen LogP contribution in [0.1, 0.15) is 10.4 Å². The van der Waals surface area contributed by atoms with Crippen LogP contribution in [0.25, 0.3) is 11.1 Å². The predicted molar refractivity (Wildman–Crippen MR) is 71.5 cm³/mol. The molecule has 0 aliphatic rings. The fourth-order valence-electron chi connectivity index (χ4n) is 1.64. The Hall–Kier alpha value is -1.39. The lowest BCUT2D eigenvalue weighted by molar-refractivity contribution is 0.0698. The molecule has 0 saturated carbocycles. The highest BCUT2D eigenvalue weighted by Crippen LogP contribution is 2.32. The van der Waals surface area contributed by atoms with Crippen molar-refractivity contribution in [3.63, 3.8) is 0 Å². The quantitative estimate of drug-likeness (QED) is 0.874. The molecule has 2 aromatic carbocycles. The van der Waals surface area contributed by atoms with Crippen LogP contribution in [-0.2, 0) is 0 Å². The van der Waals surface area contributed by atoms with Crippen molar-refractivity contribution in [1.29, 1.82) is 0 Å². The van der Waals surface area contributed by atoms with Gasteiger partial charge in [-0.1, -0.05) is 23.7 Å². The summed E-state index contributed by atoms with van der Waals surface area (Å²) < 4.78 is 14.3. The van der Waals surface area contributed by atoms with E-state index in [-0.39, 0.29) is 21.2 Å². The van der Waals surface area contributed by atoms with Crippen molar-refractivity contribution >= 4 is 33.5 Å². The number of aromatic carboxylic acids is 1. The van der Waals surface area contributed by atoms with E-state index in [9.17, 15) is 9.18 Å². The molecule has 92 valence electrons. The fraction of sp³-hybridized carbons (Fsp3) is 0. The van der Waals surface area contributed by atoms with Crippen LogP contribution in [0.5, 0.6) is 0 Å². The van der Waals surface area contributed by atoms with Crippen LogP contribution < -0.4 is 0 Å². The van der Waals surface area contributed by atoms with Gasteiger partial charge in [0.15, 0.2) is 0 Å². The summed E-state index contributed by atoms with van der Waals surface area (Å²) in [6, 6.07) is 8.96.